The lowest BCUT2D eigenvalue weighted by Gasteiger charge is -2.38. The first-order chi connectivity index (χ1) is 12.9. The van der Waals surface area contributed by atoms with E-state index in [9.17, 15) is 8.42 Å². The molecule has 5 nitrogen and oxygen atoms in total. The number of para-hydroxylation sites is 1. The van der Waals surface area contributed by atoms with Gasteiger partial charge in [-0.05, 0) is 43.5 Å². The third kappa shape index (κ3) is 4.29. The zero-order chi connectivity index (χ0) is 19.5. The summed E-state index contributed by atoms with van der Waals surface area (Å²) in [5, 5.41) is 0.395. The van der Waals surface area contributed by atoms with Gasteiger partial charge in [0, 0.05) is 35.8 Å². The molecule has 1 saturated heterocycles. The summed E-state index contributed by atoms with van der Waals surface area (Å²) in [4.78, 5) is 0.206. The Kier molecular flexibility index (Phi) is 6.11. The molecule has 1 N–H and O–H groups in total. The van der Waals surface area contributed by atoms with Crippen LogP contribution in [0.25, 0.3) is 0 Å². The SMILES string of the molecule is COc1ccccc1C1(CNS(=O)(=O)c2cc(Cl)ccc2C)CCOCC1. The fourth-order valence-corrected chi connectivity index (χ4v) is 5.19. The first kappa shape index (κ1) is 20.1. The molecule has 0 unspecified atom stereocenters. The molecule has 27 heavy (non-hydrogen) atoms. The zero-order valence-corrected chi connectivity index (χ0v) is 17.1. The normalized spacial score (nSPS) is 16.9. The molecule has 1 heterocycles. The maximum Gasteiger partial charge on any atom is 0.240 e. The Labute approximate surface area is 165 Å². The van der Waals surface area contributed by atoms with Gasteiger partial charge in [-0.3, -0.25) is 0 Å². The van der Waals surface area contributed by atoms with E-state index in [1.54, 1.807) is 26.2 Å². The second kappa shape index (κ2) is 8.19. The molecule has 7 heteroatoms. The van der Waals surface area contributed by atoms with Gasteiger partial charge in [0.2, 0.25) is 10.0 Å². The Morgan fingerprint density at radius 3 is 2.59 bits per heavy atom. The van der Waals surface area contributed by atoms with Crippen LogP contribution in [0, 0.1) is 6.92 Å². The summed E-state index contributed by atoms with van der Waals surface area (Å²) in [6.45, 7) is 3.19. The molecule has 1 fully saturated rings. The van der Waals surface area contributed by atoms with Crippen molar-refractivity contribution in [2.24, 2.45) is 0 Å². The van der Waals surface area contributed by atoms with E-state index >= 15 is 0 Å². The average Bonchev–Trinajstić information content (AvgIpc) is 2.69. The van der Waals surface area contributed by atoms with Gasteiger partial charge < -0.3 is 9.47 Å². The number of nitrogens with one attached hydrogen (secondary N) is 1. The summed E-state index contributed by atoms with van der Waals surface area (Å²) in [5.41, 5.74) is 1.27. The van der Waals surface area contributed by atoms with Gasteiger partial charge in [-0.15, -0.1) is 0 Å². The fourth-order valence-electron chi connectivity index (χ4n) is 3.56. The van der Waals surface area contributed by atoms with Crippen molar-refractivity contribution < 1.29 is 17.9 Å². The second-order valence-electron chi connectivity index (χ2n) is 6.83. The van der Waals surface area contributed by atoms with Crippen molar-refractivity contribution in [2.45, 2.75) is 30.1 Å². The van der Waals surface area contributed by atoms with Crippen molar-refractivity contribution in [1.29, 1.82) is 0 Å². The summed E-state index contributed by atoms with van der Waals surface area (Å²) < 4.78 is 39.8. The molecule has 0 saturated carbocycles. The van der Waals surface area contributed by atoms with Gasteiger partial charge in [-0.25, -0.2) is 13.1 Å². The second-order valence-corrected chi connectivity index (χ2v) is 9.00. The van der Waals surface area contributed by atoms with Crippen LogP contribution in [-0.4, -0.2) is 35.3 Å². The molecule has 1 aliphatic heterocycles. The van der Waals surface area contributed by atoms with E-state index < -0.39 is 10.0 Å². The van der Waals surface area contributed by atoms with Gasteiger partial charge in [0.15, 0.2) is 0 Å². The smallest absolute Gasteiger partial charge is 0.240 e. The summed E-state index contributed by atoms with van der Waals surface area (Å²) in [6, 6.07) is 12.6. The maximum atomic E-state index is 12.9. The molecule has 0 radical (unpaired) electrons. The Balaban J connectivity index is 1.93. The minimum absolute atomic E-state index is 0.206. The molecule has 0 aliphatic carbocycles. The quantitative estimate of drug-likeness (QED) is 0.790. The number of hydrogen-bond donors (Lipinski definition) is 1. The van der Waals surface area contributed by atoms with Crippen molar-refractivity contribution in [3.8, 4) is 5.75 Å². The van der Waals surface area contributed by atoms with E-state index in [4.69, 9.17) is 21.1 Å². The summed E-state index contributed by atoms with van der Waals surface area (Å²) in [7, 11) is -2.06. The molecule has 0 spiro atoms. The van der Waals surface area contributed by atoms with Crippen molar-refractivity contribution in [1.82, 2.24) is 4.72 Å². The van der Waals surface area contributed by atoms with Crippen molar-refractivity contribution in [3.63, 3.8) is 0 Å². The Morgan fingerprint density at radius 2 is 1.89 bits per heavy atom. The van der Waals surface area contributed by atoms with Crippen molar-refractivity contribution in [2.75, 3.05) is 26.9 Å². The summed E-state index contributed by atoms with van der Waals surface area (Å²) in [5.74, 6) is 0.762. The third-order valence-electron chi connectivity index (χ3n) is 5.17. The van der Waals surface area contributed by atoms with Gasteiger partial charge in [0.25, 0.3) is 0 Å². The van der Waals surface area contributed by atoms with E-state index in [-0.39, 0.29) is 16.9 Å². The van der Waals surface area contributed by atoms with Crippen LogP contribution >= 0.6 is 11.6 Å². The number of aryl methyl sites for hydroxylation is 1. The molecule has 2 aromatic carbocycles. The third-order valence-corrected chi connectivity index (χ3v) is 6.95. The highest BCUT2D eigenvalue weighted by molar-refractivity contribution is 7.89. The van der Waals surface area contributed by atoms with Crippen LogP contribution in [-0.2, 0) is 20.2 Å². The number of sulfonamides is 1. The number of hydrogen-bond acceptors (Lipinski definition) is 4. The number of ether oxygens (including phenoxy) is 2. The van der Waals surface area contributed by atoms with Crippen molar-refractivity contribution >= 4 is 21.6 Å². The van der Waals surface area contributed by atoms with Crippen molar-refractivity contribution in [3.05, 3.63) is 58.6 Å². The highest BCUT2D eigenvalue weighted by atomic mass is 35.5. The predicted molar refractivity (Wildman–Crippen MR) is 106 cm³/mol. The van der Waals surface area contributed by atoms with E-state index in [0.29, 0.717) is 36.6 Å². The highest BCUT2D eigenvalue weighted by Crippen LogP contribution is 2.39. The zero-order valence-electron chi connectivity index (χ0n) is 15.5. The fraction of sp³-hybridized carbons (Fsp3) is 0.400. The molecule has 0 aromatic heterocycles. The standard InChI is InChI=1S/C20H24ClNO4S/c1-15-7-8-16(21)13-19(15)27(23,24)22-14-20(9-11-26-12-10-20)17-5-3-4-6-18(17)25-2/h3-8,13,22H,9-12,14H2,1-2H3. The minimum atomic E-state index is -3.69. The van der Waals surface area contributed by atoms with Crippen LogP contribution in [0.3, 0.4) is 0 Å². The number of methoxy groups -OCH3 is 1. The molecular weight excluding hydrogens is 386 g/mol. The molecule has 0 bridgehead atoms. The van der Waals surface area contributed by atoms with E-state index in [1.165, 1.54) is 6.07 Å². The first-order valence-electron chi connectivity index (χ1n) is 8.85. The van der Waals surface area contributed by atoms with E-state index in [0.717, 1.165) is 11.3 Å². The largest absolute Gasteiger partial charge is 0.496 e. The lowest BCUT2D eigenvalue weighted by atomic mass is 9.74. The number of benzene rings is 2. The molecule has 3 rings (SSSR count). The summed E-state index contributed by atoms with van der Waals surface area (Å²) in [6.07, 6.45) is 1.43. The summed E-state index contributed by atoms with van der Waals surface area (Å²) >= 11 is 6.01. The van der Waals surface area contributed by atoms with Gasteiger partial charge in [0.05, 0.1) is 12.0 Å². The lowest BCUT2D eigenvalue weighted by Crippen LogP contribution is -2.44. The lowest BCUT2D eigenvalue weighted by molar-refractivity contribution is 0.0509. The van der Waals surface area contributed by atoms with E-state index in [2.05, 4.69) is 4.72 Å². The van der Waals surface area contributed by atoms with Crippen LogP contribution in [0.1, 0.15) is 24.0 Å². The van der Waals surface area contributed by atoms with Gasteiger partial charge >= 0.3 is 0 Å². The monoisotopic (exact) mass is 409 g/mol. The van der Waals surface area contributed by atoms with Crippen LogP contribution < -0.4 is 9.46 Å². The van der Waals surface area contributed by atoms with Gasteiger partial charge in [-0.1, -0.05) is 35.9 Å². The van der Waals surface area contributed by atoms with Crippen LogP contribution in [0.2, 0.25) is 5.02 Å². The number of halogens is 1. The average molecular weight is 410 g/mol. The molecule has 0 atom stereocenters. The molecule has 0 amide bonds. The molecule has 146 valence electrons. The maximum absolute atomic E-state index is 12.9. The minimum Gasteiger partial charge on any atom is -0.496 e. The van der Waals surface area contributed by atoms with Crippen LogP contribution in [0.4, 0.5) is 0 Å². The number of rotatable bonds is 6. The molecule has 1 aliphatic rings. The Morgan fingerprint density at radius 1 is 1.19 bits per heavy atom. The molecule has 2 aromatic rings. The van der Waals surface area contributed by atoms with Crippen LogP contribution in [0.15, 0.2) is 47.4 Å². The van der Waals surface area contributed by atoms with Gasteiger partial charge in [-0.2, -0.15) is 0 Å². The van der Waals surface area contributed by atoms with Gasteiger partial charge in [0.1, 0.15) is 5.75 Å². The highest BCUT2D eigenvalue weighted by Gasteiger charge is 2.38. The Hall–Kier alpha value is -1.60. The predicted octanol–water partition coefficient (Wildman–Crippen LogP) is 3.68. The molecular formula is C20H24ClNO4S. The first-order valence-corrected chi connectivity index (χ1v) is 10.7. The van der Waals surface area contributed by atoms with E-state index in [1.807, 2.05) is 24.3 Å². The Bertz CT molecular complexity index is 908. The topological polar surface area (TPSA) is 64.6 Å². The van der Waals surface area contributed by atoms with Crippen LogP contribution in [0.5, 0.6) is 5.75 Å².